The predicted molar refractivity (Wildman–Crippen MR) is 110 cm³/mol. The van der Waals surface area contributed by atoms with Gasteiger partial charge in [0.15, 0.2) is 0 Å². The Bertz CT molecular complexity index is 655. The highest BCUT2D eigenvalue weighted by Gasteiger charge is 2.42. The Morgan fingerprint density at radius 2 is 1.71 bits per heavy atom. The fourth-order valence-electron chi connectivity index (χ4n) is 4.93. The van der Waals surface area contributed by atoms with Crippen molar-refractivity contribution in [2.24, 2.45) is 0 Å². The van der Waals surface area contributed by atoms with Crippen molar-refractivity contribution in [1.29, 1.82) is 0 Å². The quantitative estimate of drug-likeness (QED) is 0.779. The molecule has 0 aromatic heterocycles. The van der Waals surface area contributed by atoms with E-state index in [1.165, 1.54) is 19.3 Å². The van der Waals surface area contributed by atoms with Crippen LogP contribution in [0.1, 0.15) is 50.5 Å². The average Bonchev–Trinajstić information content (AvgIpc) is 2.68. The number of benzene rings is 1. The van der Waals surface area contributed by atoms with Crippen LogP contribution >= 0.6 is 0 Å². The van der Waals surface area contributed by atoms with Gasteiger partial charge in [0, 0.05) is 46.4 Å². The molecule has 0 unspecified atom stereocenters. The summed E-state index contributed by atoms with van der Waals surface area (Å²) in [6.45, 7) is 3.59. The van der Waals surface area contributed by atoms with Crippen LogP contribution in [0.2, 0.25) is 0 Å². The Morgan fingerprint density at radius 3 is 2.25 bits per heavy atom. The summed E-state index contributed by atoms with van der Waals surface area (Å²) in [7, 11) is 3.68. The number of piperidine rings is 1. The number of likely N-dealkylation sites (N-methyl/N-ethyl adjacent to an activating group) is 1. The lowest BCUT2D eigenvalue weighted by Crippen LogP contribution is -2.47. The van der Waals surface area contributed by atoms with Crippen molar-refractivity contribution in [3.05, 3.63) is 29.8 Å². The van der Waals surface area contributed by atoms with Crippen LogP contribution < -0.4 is 4.74 Å². The summed E-state index contributed by atoms with van der Waals surface area (Å²) < 4.78 is 11.8. The number of carbonyl (C=O) groups is 1. The van der Waals surface area contributed by atoms with E-state index in [0.29, 0.717) is 19.3 Å². The van der Waals surface area contributed by atoms with Gasteiger partial charge in [0.2, 0.25) is 5.91 Å². The molecular weight excluding hydrogens is 352 g/mol. The third-order valence-electron chi connectivity index (χ3n) is 6.94. The monoisotopic (exact) mass is 386 g/mol. The molecule has 2 heterocycles. The first-order chi connectivity index (χ1) is 13.6. The number of amides is 1. The standard InChI is InChI=1S/C23H34N2O3/c1-24(2)22(26)23(12-16-27-17-13-23)18-6-8-20(9-7-18)28-21-10-14-25(15-11-21)19-4-3-5-19/h6-9,19,21H,3-5,10-17H2,1-2H3. The number of ether oxygens (including phenoxy) is 2. The minimum absolute atomic E-state index is 0.174. The van der Waals surface area contributed by atoms with E-state index in [2.05, 4.69) is 17.0 Å². The first-order valence-electron chi connectivity index (χ1n) is 10.9. The molecule has 2 saturated heterocycles. The van der Waals surface area contributed by atoms with Crippen molar-refractivity contribution in [1.82, 2.24) is 9.80 Å². The van der Waals surface area contributed by atoms with Crippen molar-refractivity contribution in [3.8, 4) is 5.75 Å². The summed E-state index contributed by atoms with van der Waals surface area (Å²) in [6.07, 6.45) is 8.17. The average molecular weight is 387 g/mol. The van der Waals surface area contributed by atoms with Gasteiger partial charge in [-0.25, -0.2) is 0 Å². The fourth-order valence-corrected chi connectivity index (χ4v) is 4.93. The highest BCUT2D eigenvalue weighted by atomic mass is 16.5. The highest BCUT2D eigenvalue weighted by Crippen LogP contribution is 2.37. The molecule has 3 fully saturated rings. The lowest BCUT2D eigenvalue weighted by Gasteiger charge is -2.41. The predicted octanol–water partition coefficient (Wildman–Crippen LogP) is 3.22. The molecule has 1 aliphatic carbocycles. The number of likely N-dealkylation sites (tertiary alicyclic amines) is 1. The van der Waals surface area contributed by atoms with Crippen LogP contribution in [-0.2, 0) is 14.9 Å². The Hall–Kier alpha value is -1.59. The van der Waals surface area contributed by atoms with Gasteiger partial charge in [-0.2, -0.15) is 0 Å². The molecular formula is C23H34N2O3. The van der Waals surface area contributed by atoms with Gasteiger partial charge < -0.3 is 19.3 Å². The summed E-state index contributed by atoms with van der Waals surface area (Å²) in [6, 6.07) is 9.11. The number of hydrogen-bond donors (Lipinski definition) is 0. The smallest absolute Gasteiger partial charge is 0.232 e. The molecule has 2 aliphatic heterocycles. The van der Waals surface area contributed by atoms with Gasteiger partial charge in [0.25, 0.3) is 0 Å². The van der Waals surface area contributed by atoms with E-state index in [1.807, 2.05) is 26.2 Å². The second-order valence-corrected chi connectivity index (χ2v) is 8.86. The van der Waals surface area contributed by atoms with Gasteiger partial charge in [-0.3, -0.25) is 4.79 Å². The Balaban J connectivity index is 1.39. The van der Waals surface area contributed by atoms with Gasteiger partial charge >= 0.3 is 0 Å². The number of hydrogen-bond acceptors (Lipinski definition) is 4. The maximum atomic E-state index is 13.0. The maximum absolute atomic E-state index is 13.0. The van der Waals surface area contributed by atoms with E-state index in [9.17, 15) is 4.79 Å². The van der Waals surface area contributed by atoms with E-state index in [1.54, 1.807) is 4.90 Å². The van der Waals surface area contributed by atoms with Crippen molar-refractivity contribution < 1.29 is 14.3 Å². The molecule has 154 valence electrons. The molecule has 4 rings (SSSR count). The molecule has 0 atom stereocenters. The lowest BCUT2D eigenvalue weighted by molar-refractivity contribution is -0.138. The minimum Gasteiger partial charge on any atom is -0.490 e. The highest BCUT2D eigenvalue weighted by molar-refractivity contribution is 5.88. The maximum Gasteiger partial charge on any atom is 0.232 e. The molecule has 1 aromatic carbocycles. The SMILES string of the molecule is CN(C)C(=O)C1(c2ccc(OC3CCN(C4CCC4)CC3)cc2)CCOCC1. The molecule has 0 spiro atoms. The van der Waals surface area contributed by atoms with Crippen molar-refractivity contribution >= 4 is 5.91 Å². The van der Waals surface area contributed by atoms with E-state index in [4.69, 9.17) is 9.47 Å². The van der Waals surface area contributed by atoms with Crippen LogP contribution in [0.3, 0.4) is 0 Å². The van der Waals surface area contributed by atoms with Crippen molar-refractivity contribution in [2.45, 2.75) is 62.5 Å². The topological polar surface area (TPSA) is 42.0 Å². The summed E-state index contributed by atoms with van der Waals surface area (Å²) in [4.78, 5) is 17.3. The molecule has 3 aliphatic rings. The number of nitrogens with zero attached hydrogens (tertiary/aromatic N) is 2. The first kappa shape index (κ1) is 19.7. The largest absolute Gasteiger partial charge is 0.490 e. The van der Waals surface area contributed by atoms with Gasteiger partial charge in [0.05, 0.1) is 5.41 Å². The van der Waals surface area contributed by atoms with Gasteiger partial charge in [-0.15, -0.1) is 0 Å². The number of rotatable bonds is 5. The molecule has 1 amide bonds. The summed E-state index contributed by atoms with van der Waals surface area (Å²) in [5.74, 6) is 1.10. The van der Waals surface area contributed by atoms with Gasteiger partial charge in [-0.05, 0) is 56.2 Å². The summed E-state index contributed by atoms with van der Waals surface area (Å²) >= 11 is 0. The molecule has 0 radical (unpaired) electrons. The third-order valence-corrected chi connectivity index (χ3v) is 6.94. The normalized spacial score (nSPS) is 23.8. The zero-order valence-corrected chi connectivity index (χ0v) is 17.4. The Morgan fingerprint density at radius 1 is 1.07 bits per heavy atom. The minimum atomic E-state index is -0.464. The lowest BCUT2D eigenvalue weighted by atomic mass is 9.73. The van der Waals surface area contributed by atoms with E-state index in [-0.39, 0.29) is 5.91 Å². The van der Waals surface area contributed by atoms with Crippen LogP contribution in [0, 0.1) is 0 Å². The summed E-state index contributed by atoms with van der Waals surface area (Å²) in [5.41, 5.74) is 0.621. The Kier molecular flexibility index (Phi) is 5.93. The number of carbonyl (C=O) groups excluding carboxylic acids is 1. The molecule has 0 bridgehead atoms. The van der Waals surface area contributed by atoms with Crippen LogP contribution in [0.25, 0.3) is 0 Å². The van der Waals surface area contributed by atoms with Crippen molar-refractivity contribution in [2.75, 3.05) is 40.4 Å². The molecule has 28 heavy (non-hydrogen) atoms. The molecule has 5 nitrogen and oxygen atoms in total. The third kappa shape index (κ3) is 3.92. The van der Waals surface area contributed by atoms with Crippen LogP contribution in [0.5, 0.6) is 5.75 Å². The van der Waals surface area contributed by atoms with Crippen molar-refractivity contribution in [3.63, 3.8) is 0 Å². The summed E-state index contributed by atoms with van der Waals surface area (Å²) in [5, 5.41) is 0. The molecule has 5 heteroatoms. The Labute approximate surface area is 169 Å². The van der Waals surface area contributed by atoms with Crippen LogP contribution in [0.4, 0.5) is 0 Å². The molecule has 1 aromatic rings. The van der Waals surface area contributed by atoms with Crippen LogP contribution in [-0.4, -0.2) is 68.3 Å². The van der Waals surface area contributed by atoms with E-state index < -0.39 is 5.41 Å². The van der Waals surface area contributed by atoms with Gasteiger partial charge in [0.1, 0.15) is 11.9 Å². The second-order valence-electron chi connectivity index (χ2n) is 8.86. The fraction of sp³-hybridized carbons (Fsp3) is 0.696. The molecule has 1 saturated carbocycles. The second kappa shape index (κ2) is 8.42. The molecule has 0 N–H and O–H groups in total. The zero-order valence-electron chi connectivity index (χ0n) is 17.4. The van der Waals surface area contributed by atoms with Crippen LogP contribution in [0.15, 0.2) is 24.3 Å². The van der Waals surface area contributed by atoms with Gasteiger partial charge in [-0.1, -0.05) is 18.6 Å². The first-order valence-corrected chi connectivity index (χ1v) is 10.9. The zero-order chi connectivity index (χ0) is 19.6. The van der Waals surface area contributed by atoms with E-state index >= 15 is 0 Å². The van der Waals surface area contributed by atoms with E-state index in [0.717, 1.165) is 56.1 Å².